The SMILES string of the molecule is CSc1nccc(C(N)C2CC2)n1. The van der Waals surface area contributed by atoms with Crippen LogP contribution in [-0.2, 0) is 0 Å². The van der Waals surface area contributed by atoms with Crippen molar-refractivity contribution in [2.45, 2.75) is 24.0 Å². The third kappa shape index (κ3) is 2.00. The largest absolute Gasteiger partial charge is 0.322 e. The van der Waals surface area contributed by atoms with Crippen molar-refractivity contribution in [2.24, 2.45) is 11.7 Å². The lowest BCUT2D eigenvalue weighted by Crippen LogP contribution is -2.14. The van der Waals surface area contributed by atoms with Gasteiger partial charge in [-0.25, -0.2) is 9.97 Å². The molecule has 0 spiro atoms. The summed E-state index contributed by atoms with van der Waals surface area (Å²) in [5.74, 6) is 0.657. The Morgan fingerprint density at radius 2 is 2.38 bits per heavy atom. The van der Waals surface area contributed by atoms with Crippen LogP contribution in [0.25, 0.3) is 0 Å². The quantitative estimate of drug-likeness (QED) is 0.588. The van der Waals surface area contributed by atoms with Crippen LogP contribution < -0.4 is 5.73 Å². The Morgan fingerprint density at radius 1 is 1.62 bits per heavy atom. The number of hydrogen-bond acceptors (Lipinski definition) is 4. The fourth-order valence-electron chi connectivity index (χ4n) is 1.33. The summed E-state index contributed by atoms with van der Waals surface area (Å²) in [5.41, 5.74) is 7.01. The molecule has 3 nitrogen and oxygen atoms in total. The van der Waals surface area contributed by atoms with Crippen molar-refractivity contribution in [3.63, 3.8) is 0 Å². The Hall–Kier alpha value is -0.610. The Bertz CT molecular complexity index is 299. The van der Waals surface area contributed by atoms with E-state index in [0.29, 0.717) is 5.92 Å². The smallest absolute Gasteiger partial charge is 0.187 e. The number of nitrogens with two attached hydrogens (primary N) is 1. The molecule has 0 saturated heterocycles. The normalized spacial score (nSPS) is 18.6. The van der Waals surface area contributed by atoms with Gasteiger partial charge >= 0.3 is 0 Å². The highest BCUT2D eigenvalue weighted by molar-refractivity contribution is 7.98. The van der Waals surface area contributed by atoms with Crippen LogP contribution in [0.2, 0.25) is 0 Å². The molecular formula is C9H13N3S. The van der Waals surface area contributed by atoms with E-state index in [1.807, 2.05) is 12.3 Å². The van der Waals surface area contributed by atoms with Gasteiger partial charge < -0.3 is 5.73 Å². The molecule has 1 aliphatic carbocycles. The van der Waals surface area contributed by atoms with Crippen LogP contribution in [-0.4, -0.2) is 16.2 Å². The molecule has 1 aromatic heterocycles. The van der Waals surface area contributed by atoms with E-state index >= 15 is 0 Å². The molecule has 1 aliphatic rings. The second-order valence-electron chi connectivity index (χ2n) is 3.33. The van der Waals surface area contributed by atoms with Crippen molar-refractivity contribution in [1.82, 2.24) is 9.97 Å². The molecule has 0 aromatic carbocycles. The van der Waals surface area contributed by atoms with Crippen molar-refractivity contribution in [3.8, 4) is 0 Å². The lowest BCUT2D eigenvalue weighted by molar-refractivity contribution is 0.604. The Kier molecular flexibility index (Phi) is 2.51. The van der Waals surface area contributed by atoms with Gasteiger partial charge in [-0.05, 0) is 31.1 Å². The summed E-state index contributed by atoms with van der Waals surface area (Å²) in [4.78, 5) is 8.50. The van der Waals surface area contributed by atoms with Crippen LogP contribution in [0.15, 0.2) is 17.4 Å². The second kappa shape index (κ2) is 3.64. The number of aromatic nitrogens is 2. The predicted molar refractivity (Wildman–Crippen MR) is 53.5 cm³/mol. The summed E-state index contributed by atoms with van der Waals surface area (Å²) in [6, 6.07) is 2.04. The molecule has 1 atom stereocenters. The maximum Gasteiger partial charge on any atom is 0.187 e. The molecule has 2 N–H and O–H groups in total. The molecule has 0 amide bonds. The minimum atomic E-state index is 0.119. The highest BCUT2D eigenvalue weighted by atomic mass is 32.2. The minimum absolute atomic E-state index is 0.119. The molecular weight excluding hydrogens is 182 g/mol. The van der Waals surface area contributed by atoms with Crippen LogP contribution >= 0.6 is 11.8 Å². The van der Waals surface area contributed by atoms with Gasteiger partial charge in [0.05, 0.1) is 5.69 Å². The van der Waals surface area contributed by atoms with Gasteiger partial charge in [0.15, 0.2) is 5.16 Å². The maximum atomic E-state index is 6.02. The summed E-state index contributed by atoms with van der Waals surface area (Å²) >= 11 is 1.55. The Labute approximate surface area is 82.2 Å². The topological polar surface area (TPSA) is 51.8 Å². The summed E-state index contributed by atoms with van der Waals surface area (Å²) in [6.07, 6.45) is 6.26. The monoisotopic (exact) mass is 195 g/mol. The van der Waals surface area contributed by atoms with E-state index in [9.17, 15) is 0 Å². The average Bonchev–Trinajstić information content (AvgIpc) is 3.00. The lowest BCUT2D eigenvalue weighted by atomic mass is 10.1. The third-order valence-electron chi connectivity index (χ3n) is 2.31. The van der Waals surface area contributed by atoms with Gasteiger partial charge in [-0.3, -0.25) is 0 Å². The molecule has 2 rings (SSSR count). The van der Waals surface area contributed by atoms with Gasteiger partial charge in [0.25, 0.3) is 0 Å². The van der Waals surface area contributed by atoms with Crippen molar-refractivity contribution in [1.29, 1.82) is 0 Å². The van der Waals surface area contributed by atoms with Crippen molar-refractivity contribution >= 4 is 11.8 Å². The van der Waals surface area contributed by atoms with E-state index in [0.717, 1.165) is 10.9 Å². The Morgan fingerprint density at radius 3 is 3.00 bits per heavy atom. The first kappa shape index (κ1) is 8.97. The highest BCUT2D eigenvalue weighted by Crippen LogP contribution is 2.38. The molecule has 4 heteroatoms. The molecule has 1 fully saturated rings. The van der Waals surface area contributed by atoms with Crippen molar-refractivity contribution < 1.29 is 0 Å². The molecule has 0 radical (unpaired) electrons. The predicted octanol–water partition coefficient (Wildman–Crippen LogP) is 1.61. The summed E-state index contributed by atoms with van der Waals surface area (Å²) in [7, 11) is 0. The number of rotatable bonds is 3. The Balaban J connectivity index is 2.18. The zero-order chi connectivity index (χ0) is 9.26. The highest BCUT2D eigenvalue weighted by Gasteiger charge is 2.30. The second-order valence-corrected chi connectivity index (χ2v) is 4.10. The standard InChI is InChI=1S/C9H13N3S/c1-13-9-11-5-4-7(12-9)8(10)6-2-3-6/h4-6,8H,2-3,10H2,1H3. The third-order valence-corrected chi connectivity index (χ3v) is 2.87. The fourth-order valence-corrected chi connectivity index (χ4v) is 1.70. The van der Waals surface area contributed by atoms with E-state index in [2.05, 4.69) is 9.97 Å². The molecule has 1 heterocycles. The molecule has 13 heavy (non-hydrogen) atoms. The lowest BCUT2D eigenvalue weighted by Gasteiger charge is -2.09. The molecule has 1 aromatic rings. The number of hydrogen-bond donors (Lipinski definition) is 1. The van der Waals surface area contributed by atoms with E-state index < -0.39 is 0 Å². The first-order valence-electron chi connectivity index (χ1n) is 4.44. The van der Waals surface area contributed by atoms with Gasteiger partial charge in [-0.15, -0.1) is 0 Å². The molecule has 0 bridgehead atoms. The van der Waals surface area contributed by atoms with Gasteiger partial charge in [0.2, 0.25) is 0 Å². The average molecular weight is 195 g/mol. The first-order chi connectivity index (χ1) is 6.31. The van der Waals surface area contributed by atoms with Gasteiger partial charge in [0, 0.05) is 12.2 Å². The van der Waals surface area contributed by atoms with Crippen LogP contribution in [0.5, 0.6) is 0 Å². The summed E-state index contributed by atoms with van der Waals surface area (Å²) in [5, 5.41) is 0.814. The summed E-state index contributed by atoms with van der Waals surface area (Å²) in [6.45, 7) is 0. The van der Waals surface area contributed by atoms with Crippen LogP contribution in [0.1, 0.15) is 24.6 Å². The van der Waals surface area contributed by atoms with Gasteiger partial charge in [-0.2, -0.15) is 0 Å². The minimum Gasteiger partial charge on any atom is -0.322 e. The van der Waals surface area contributed by atoms with Crippen molar-refractivity contribution in [3.05, 3.63) is 18.0 Å². The van der Waals surface area contributed by atoms with Crippen molar-refractivity contribution in [2.75, 3.05) is 6.26 Å². The summed E-state index contributed by atoms with van der Waals surface area (Å²) < 4.78 is 0. The van der Waals surface area contributed by atoms with Crippen LogP contribution in [0.3, 0.4) is 0 Å². The number of thioether (sulfide) groups is 1. The zero-order valence-corrected chi connectivity index (χ0v) is 8.42. The fraction of sp³-hybridized carbons (Fsp3) is 0.556. The first-order valence-corrected chi connectivity index (χ1v) is 5.66. The van der Waals surface area contributed by atoms with Gasteiger partial charge in [0.1, 0.15) is 0 Å². The van der Waals surface area contributed by atoms with Gasteiger partial charge in [-0.1, -0.05) is 11.8 Å². The molecule has 0 aliphatic heterocycles. The number of nitrogens with zero attached hydrogens (tertiary/aromatic N) is 2. The molecule has 1 unspecified atom stereocenters. The zero-order valence-electron chi connectivity index (χ0n) is 7.60. The van der Waals surface area contributed by atoms with Crippen LogP contribution in [0, 0.1) is 5.92 Å². The molecule has 1 saturated carbocycles. The molecule has 70 valence electrons. The van der Waals surface area contributed by atoms with E-state index in [1.165, 1.54) is 12.8 Å². The van der Waals surface area contributed by atoms with E-state index in [1.54, 1.807) is 18.0 Å². The maximum absolute atomic E-state index is 6.02. The van der Waals surface area contributed by atoms with E-state index in [4.69, 9.17) is 5.73 Å². The van der Waals surface area contributed by atoms with E-state index in [-0.39, 0.29) is 6.04 Å². The van der Waals surface area contributed by atoms with Crippen LogP contribution in [0.4, 0.5) is 0 Å².